The van der Waals surface area contributed by atoms with Gasteiger partial charge < -0.3 is 15.0 Å². The SMILES string of the molecule is CC(C)CC(=O)N[C@H]1C[C@H]2CN(Cc3c[nH]c(C#N)c3)C[C@H]2C[C@@H]1OCC1CC1. The molecule has 3 fully saturated rings. The first-order chi connectivity index (χ1) is 14.0. The fourth-order valence-electron chi connectivity index (χ4n) is 5.01. The highest BCUT2D eigenvalue weighted by molar-refractivity contribution is 5.76. The molecule has 1 aliphatic heterocycles. The lowest BCUT2D eigenvalue weighted by atomic mass is 9.77. The first-order valence-corrected chi connectivity index (χ1v) is 11.2. The van der Waals surface area contributed by atoms with Crippen molar-refractivity contribution in [3.05, 3.63) is 23.5 Å². The van der Waals surface area contributed by atoms with E-state index in [0.717, 1.165) is 45.0 Å². The fraction of sp³-hybridized carbons (Fsp3) is 0.739. The molecule has 2 heterocycles. The zero-order chi connectivity index (χ0) is 20.4. The van der Waals surface area contributed by atoms with Crippen LogP contribution in [0.1, 0.15) is 57.2 Å². The number of amides is 1. The molecule has 2 aliphatic carbocycles. The summed E-state index contributed by atoms with van der Waals surface area (Å²) in [5, 5.41) is 12.3. The fourth-order valence-corrected chi connectivity index (χ4v) is 5.01. The summed E-state index contributed by atoms with van der Waals surface area (Å²) in [6, 6.07) is 4.24. The van der Waals surface area contributed by atoms with E-state index in [0.29, 0.717) is 29.9 Å². The lowest BCUT2D eigenvalue weighted by molar-refractivity contribution is -0.125. The maximum Gasteiger partial charge on any atom is 0.220 e. The van der Waals surface area contributed by atoms with Crippen molar-refractivity contribution in [1.29, 1.82) is 5.26 Å². The van der Waals surface area contributed by atoms with E-state index in [9.17, 15) is 4.79 Å². The molecule has 6 heteroatoms. The summed E-state index contributed by atoms with van der Waals surface area (Å²) in [6.07, 6.45) is 7.30. The highest BCUT2D eigenvalue weighted by Crippen LogP contribution is 2.39. The number of likely N-dealkylation sites (tertiary alicyclic amines) is 1. The van der Waals surface area contributed by atoms with Crippen molar-refractivity contribution in [3.8, 4) is 6.07 Å². The Morgan fingerprint density at radius 3 is 2.76 bits per heavy atom. The zero-order valence-corrected chi connectivity index (χ0v) is 17.7. The minimum Gasteiger partial charge on any atom is -0.376 e. The molecule has 0 spiro atoms. The number of H-pyrrole nitrogens is 1. The molecule has 158 valence electrons. The predicted octanol–water partition coefficient (Wildman–Crippen LogP) is 3.05. The summed E-state index contributed by atoms with van der Waals surface area (Å²) in [6.45, 7) is 8.04. The molecule has 0 unspecified atom stereocenters. The Balaban J connectivity index is 1.36. The van der Waals surface area contributed by atoms with E-state index in [2.05, 4.69) is 35.1 Å². The lowest BCUT2D eigenvalue weighted by Crippen LogP contribution is -2.50. The summed E-state index contributed by atoms with van der Waals surface area (Å²) < 4.78 is 6.33. The van der Waals surface area contributed by atoms with E-state index in [1.54, 1.807) is 0 Å². The number of aromatic amines is 1. The van der Waals surface area contributed by atoms with Crippen molar-refractivity contribution in [2.45, 2.75) is 64.6 Å². The van der Waals surface area contributed by atoms with Crippen LogP contribution in [0.4, 0.5) is 0 Å². The van der Waals surface area contributed by atoms with Gasteiger partial charge in [-0.15, -0.1) is 0 Å². The molecular formula is C23H34N4O2. The van der Waals surface area contributed by atoms with Crippen LogP contribution in [-0.2, 0) is 16.1 Å². The quantitative estimate of drug-likeness (QED) is 0.705. The number of rotatable bonds is 8. The molecule has 4 atom stereocenters. The molecule has 0 aromatic carbocycles. The van der Waals surface area contributed by atoms with E-state index >= 15 is 0 Å². The Morgan fingerprint density at radius 1 is 1.34 bits per heavy atom. The van der Waals surface area contributed by atoms with Gasteiger partial charge in [0.1, 0.15) is 11.8 Å². The number of carbonyl (C=O) groups is 1. The molecule has 29 heavy (non-hydrogen) atoms. The Bertz CT molecular complexity index is 748. The Hall–Kier alpha value is -1.84. The van der Waals surface area contributed by atoms with Gasteiger partial charge in [-0.3, -0.25) is 9.69 Å². The summed E-state index contributed by atoms with van der Waals surface area (Å²) in [5.41, 5.74) is 1.79. The largest absolute Gasteiger partial charge is 0.376 e. The zero-order valence-electron chi connectivity index (χ0n) is 17.7. The van der Waals surface area contributed by atoms with Crippen molar-refractivity contribution in [3.63, 3.8) is 0 Å². The van der Waals surface area contributed by atoms with Gasteiger partial charge in [0.05, 0.1) is 12.1 Å². The van der Waals surface area contributed by atoms with E-state index in [-0.39, 0.29) is 18.1 Å². The first-order valence-electron chi connectivity index (χ1n) is 11.2. The summed E-state index contributed by atoms with van der Waals surface area (Å²) in [4.78, 5) is 18.0. The second-order valence-electron chi connectivity index (χ2n) is 9.81. The maximum atomic E-state index is 12.4. The molecule has 1 saturated heterocycles. The second kappa shape index (κ2) is 8.89. The van der Waals surface area contributed by atoms with Gasteiger partial charge in [-0.05, 0) is 61.0 Å². The summed E-state index contributed by atoms with van der Waals surface area (Å²) in [5.74, 6) is 2.51. The second-order valence-corrected chi connectivity index (χ2v) is 9.81. The van der Waals surface area contributed by atoms with Crippen LogP contribution < -0.4 is 5.32 Å². The Labute approximate surface area is 174 Å². The van der Waals surface area contributed by atoms with Crippen LogP contribution in [0.25, 0.3) is 0 Å². The Kier molecular flexibility index (Phi) is 6.26. The van der Waals surface area contributed by atoms with Crippen LogP contribution in [0.2, 0.25) is 0 Å². The van der Waals surface area contributed by atoms with Crippen LogP contribution in [0.15, 0.2) is 12.3 Å². The third-order valence-corrected chi connectivity index (χ3v) is 6.64. The molecule has 2 N–H and O–H groups in total. The molecule has 2 saturated carbocycles. The number of nitrogens with one attached hydrogen (secondary N) is 2. The van der Waals surface area contributed by atoms with Gasteiger partial charge in [0.2, 0.25) is 5.91 Å². The number of ether oxygens (including phenoxy) is 1. The minimum atomic E-state index is 0.138. The van der Waals surface area contributed by atoms with E-state index in [4.69, 9.17) is 10.00 Å². The molecule has 4 rings (SSSR count). The lowest BCUT2D eigenvalue weighted by Gasteiger charge is -2.38. The molecule has 6 nitrogen and oxygen atoms in total. The average Bonchev–Trinajstić information content (AvgIpc) is 3.25. The van der Waals surface area contributed by atoms with E-state index in [1.807, 2.05) is 12.3 Å². The van der Waals surface area contributed by atoms with Gasteiger partial charge in [-0.2, -0.15) is 5.26 Å². The van der Waals surface area contributed by atoms with Crippen LogP contribution in [0.5, 0.6) is 0 Å². The number of aromatic nitrogens is 1. The topological polar surface area (TPSA) is 81.2 Å². The van der Waals surface area contributed by atoms with Crippen LogP contribution in [-0.4, -0.2) is 47.6 Å². The van der Waals surface area contributed by atoms with Crippen molar-refractivity contribution < 1.29 is 9.53 Å². The van der Waals surface area contributed by atoms with E-state index < -0.39 is 0 Å². The number of nitriles is 1. The van der Waals surface area contributed by atoms with Crippen LogP contribution in [0, 0.1) is 35.0 Å². The maximum absolute atomic E-state index is 12.4. The van der Waals surface area contributed by atoms with Gasteiger partial charge in [0, 0.05) is 38.9 Å². The normalized spacial score (nSPS) is 29.6. The standard InChI is InChI=1S/C23H34N4O2/c1-15(2)5-23(28)26-21-7-18-12-27(11-17-6-20(9-24)25-10-17)13-19(18)8-22(21)29-14-16-3-4-16/h6,10,15-16,18-19,21-22,25H,3-5,7-8,11-14H2,1-2H3,(H,26,28)/t18-,19+,21-,22-/m0/s1. The molecule has 1 aromatic rings. The number of hydrogen-bond donors (Lipinski definition) is 2. The molecule has 1 amide bonds. The predicted molar refractivity (Wildman–Crippen MR) is 111 cm³/mol. The van der Waals surface area contributed by atoms with Gasteiger partial charge in [0.25, 0.3) is 0 Å². The van der Waals surface area contributed by atoms with Crippen molar-refractivity contribution in [1.82, 2.24) is 15.2 Å². The number of fused-ring (bicyclic) bond motifs is 1. The first kappa shape index (κ1) is 20.4. The third kappa shape index (κ3) is 5.40. The molecule has 0 radical (unpaired) electrons. The van der Waals surface area contributed by atoms with Gasteiger partial charge >= 0.3 is 0 Å². The van der Waals surface area contributed by atoms with Crippen LogP contribution in [0.3, 0.4) is 0 Å². The van der Waals surface area contributed by atoms with E-state index in [1.165, 1.54) is 18.4 Å². The number of hydrogen-bond acceptors (Lipinski definition) is 4. The van der Waals surface area contributed by atoms with Gasteiger partial charge in [0.15, 0.2) is 0 Å². The smallest absolute Gasteiger partial charge is 0.220 e. The highest BCUT2D eigenvalue weighted by atomic mass is 16.5. The highest BCUT2D eigenvalue weighted by Gasteiger charge is 2.43. The summed E-state index contributed by atoms with van der Waals surface area (Å²) >= 11 is 0. The molecule has 3 aliphatic rings. The van der Waals surface area contributed by atoms with Crippen LogP contribution >= 0.6 is 0 Å². The molecular weight excluding hydrogens is 364 g/mol. The molecule has 1 aromatic heterocycles. The van der Waals surface area contributed by atoms with Gasteiger partial charge in [-0.1, -0.05) is 13.8 Å². The monoisotopic (exact) mass is 398 g/mol. The summed E-state index contributed by atoms with van der Waals surface area (Å²) in [7, 11) is 0. The van der Waals surface area contributed by atoms with Crippen molar-refractivity contribution in [2.24, 2.45) is 23.7 Å². The average molecular weight is 399 g/mol. The van der Waals surface area contributed by atoms with Crippen molar-refractivity contribution in [2.75, 3.05) is 19.7 Å². The number of nitrogens with zero attached hydrogens (tertiary/aromatic N) is 2. The molecule has 0 bridgehead atoms. The minimum absolute atomic E-state index is 0.138. The number of carbonyl (C=O) groups excluding carboxylic acids is 1. The van der Waals surface area contributed by atoms with Gasteiger partial charge in [-0.25, -0.2) is 0 Å². The Morgan fingerprint density at radius 2 is 2.10 bits per heavy atom. The van der Waals surface area contributed by atoms with Crippen molar-refractivity contribution >= 4 is 5.91 Å². The third-order valence-electron chi connectivity index (χ3n) is 6.64.